The van der Waals surface area contributed by atoms with E-state index < -0.39 is 6.43 Å². The lowest BCUT2D eigenvalue weighted by atomic mass is 9.99. The Balaban J connectivity index is 0.00000180. The van der Waals surface area contributed by atoms with Crippen molar-refractivity contribution in [1.29, 1.82) is 0 Å². The molecule has 6 heteroatoms. The van der Waals surface area contributed by atoms with Gasteiger partial charge < -0.3 is 10.6 Å². The Hall–Kier alpha value is -1.20. The highest BCUT2D eigenvalue weighted by atomic mass is 35.5. The molecule has 0 aliphatic carbocycles. The van der Waals surface area contributed by atoms with Crippen LogP contribution in [0.3, 0.4) is 0 Å². The molecule has 1 fully saturated rings. The number of carbonyl (C=O) groups is 1. The third-order valence-electron chi connectivity index (χ3n) is 3.07. The Kier molecular flexibility index (Phi) is 6.18. The summed E-state index contributed by atoms with van der Waals surface area (Å²) in [5.74, 6) is -0.178. The minimum absolute atomic E-state index is 0. The van der Waals surface area contributed by atoms with Gasteiger partial charge in [-0.3, -0.25) is 4.79 Å². The third-order valence-corrected chi connectivity index (χ3v) is 3.07. The van der Waals surface area contributed by atoms with Gasteiger partial charge in [-0.25, -0.2) is 8.78 Å². The van der Waals surface area contributed by atoms with Crippen LogP contribution in [-0.4, -0.2) is 19.0 Å². The first kappa shape index (κ1) is 15.9. The molecule has 3 nitrogen and oxygen atoms in total. The number of hydrogen-bond donors (Lipinski definition) is 2. The van der Waals surface area contributed by atoms with Gasteiger partial charge in [0, 0.05) is 17.8 Å². The molecule has 0 saturated carbocycles. The van der Waals surface area contributed by atoms with Crippen LogP contribution in [-0.2, 0) is 4.79 Å². The van der Waals surface area contributed by atoms with Crippen LogP contribution in [0, 0.1) is 5.92 Å². The molecule has 0 spiro atoms. The van der Waals surface area contributed by atoms with Crippen molar-refractivity contribution < 1.29 is 13.6 Å². The Morgan fingerprint density at radius 3 is 2.84 bits per heavy atom. The largest absolute Gasteiger partial charge is 0.326 e. The summed E-state index contributed by atoms with van der Waals surface area (Å²) in [6.07, 6.45) is -0.707. The van der Waals surface area contributed by atoms with Gasteiger partial charge >= 0.3 is 0 Å². The van der Waals surface area contributed by atoms with Crippen molar-refractivity contribution in [2.45, 2.75) is 19.3 Å². The van der Waals surface area contributed by atoms with Gasteiger partial charge in [0.25, 0.3) is 6.43 Å². The van der Waals surface area contributed by atoms with Crippen LogP contribution in [0.2, 0.25) is 0 Å². The molecule has 0 radical (unpaired) electrons. The van der Waals surface area contributed by atoms with Gasteiger partial charge in [0.2, 0.25) is 5.91 Å². The Morgan fingerprint density at radius 1 is 1.42 bits per heavy atom. The SMILES string of the molecule is Cl.O=C(Nc1cccc(C(F)F)c1)C1CCCNC1. The molecule has 1 saturated heterocycles. The Labute approximate surface area is 117 Å². The van der Waals surface area contributed by atoms with E-state index >= 15 is 0 Å². The Morgan fingerprint density at radius 2 is 2.21 bits per heavy atom. The van der Waals surface area contributed by atoms with Crippen LogP contribution in [0.1, 0.15) is 24.8 Å². The van der Waals surface area contributed by atoms with E-state index in [2.05, 4.69) is 10.6 Å². The standard InChI is InChI=1S/C13H16F2N2O.ClH/c14-12(15)9-3-1-5-11(7-9)17-13(18)10-4-2-6-16-8-10;/h1,3,5,7,10,12,16H,2,4,6,8H2,(H,17,18);1H. The first-order valence-electron chi connectivity index (χ1n) is 6.06. The zero-order valence-corrected chi connectivity index (χ0v) is 11.2. The van der Waals surface area contributed by atoms with Crippen LogP contribution in [0.4, 0.5) is 14.5 Å². The predicted molar refractivity (Wildman–Crippen MR) is 72.9 cm³/mol. The van der Waals surface area contributed by atoms with E-state index in [4.69, 9.17) is 0 Å². The Bertz CT molecular complexity index is 423. The van der Waals surface area contributed by atoms with Crippen molar-refractivity contribution >= 4 is 24.0 Å². The average Bonchev–Trinajstić information content (AvgIpc) is 2.40. The monoisotopic (exact) mass is 290 g/mol. The van der Waals surface area contributed by atoms with Crippen LogP contribution in [0.15, 0.2) is 24.3 Å². The highest BCUT2D eigenvalue weighted by Crippen LogP contribution is 2.22. The molecular weight excluding hydrogens is 274 g/mol. The van der Waals surface area contributed by atoms with E-state index in [0.29, 0.717) is 12.2 Å². The maximum absolute atomic E-state index is 12.5. The van der Waals surface area contributed by atoms with Gasteiger partial charge in [-0.2, -0.15) is 0 Å². The van der Waals surface area contributed by atoms with Crippen LogP contribution in [0.5, 0.6) is 0 Å². The van der Waals surface area contributed by atoms with Gasteiger partial charge in [0.05, 0.1) is 5.92 Å². The van der Waals surface area contributed by atoms with Gasteiger partial charge in [-0.15, -0.1) is 12.4 Å². The molecule has 106 valence electrons. The summed E-state index contributed by atoms with van der Waals surface area (Å²) in [6, 6.07) is 5.82. The quantitative estimate of drug-likeness (QED) is 0.898. The topological polar surface area (TPSA) is 41.1 Å². The fraction of sp³-hybridized carbons (Fsp3) is 0.462. The van der Waals surface area contributed by atoms with Crippen LogP contribution >= 0.6 is 12.4 Å². The number of hydrogen-bond acceptors (Lipinski definition) is 2. The molecule has 1 unspecified atom stereocenters. The summed E-state index contributed by atoms with van der Waals surface area (Å²) in [6.45, 7) is 1.59. The van der Waals surface area contributed by atoms with E-state index in [9.17, 15) is 13.6 Å². The second-order valence-corrected chi connectivity index (χ2v) is 4.46. The molecule has 2 N–H and O–H groups in total. The van der Waals surface area contributed by atoms with Crippen molar-refractivity contribution in [3.8, 4) is 0 Å². The number of carbonyl (C=O) groups excluding carboxylic acids is 1. The molecule has 2 rings (SSSR count). The molecular formula is C13H17ClF2N2O. The molecule has 1 aliphatic rings. The number of alkyl halides is 2. The van der Waals surface area contributed by atoms with E-state index in [1.54, 1.807) is 6.07 Å². The molecule has 19 heavy (non-hydrogen) atoms. The number of benzene rings is 1. The highest BCUT2D eigenvalue weighted by Gasteiger charge is 2.21. The number of halogens is 3. The lowest BCUT2D eigenvalue weighted by Gasteiger charge is -2.22. The second kappa shape index (κ2) is 7.40. The van der Waals surface area contributed by atoms with E-state index in [1.807, 2.05) is 0 Å². The van der Waals surface area contributed by atoms with Crippen LogP contribution in [0.25, 0.3) is 0 Å². The molecule has 1 heterocycles. The number of amides is 1. The van der Waals surface area contributed by atoms with E-state index in [-0.39, 0.29) is 29.8 Å². The fourth-order valence-electron chi connectivity index (χ4n) is 2.07. The predicted octanol–water partition coefficient (Wildman–Crippen LogP) is 2.98. The summed E-state index contributed by atoms with van der Waals surface area (Å²) >= 11 is 0. The summed E-state index contributed by atoms with van der Waals surface area (Å²) < 4.78 is 25.0. The molecule has 0 aromatic heterocycles. The maximum atomic E-state index is 12.5. The highest BCUT2D eigenvalue weighted by molar-refractivity contribution is 5.92. The molecule has 0 bridgehead atoms. The summed E-state index contributed by atoms with van der Waals surface area (Å²) in [4.78, 5) is 11.9. The van der Waals surface area contributed by atoms with Crippen molar-refractivity contribution in [1.82, 2.24) is 5.32 Å². The normalized spacial score (nSPS) is 18.8. The van der Waals surface area contributed by atoms with Gasteiger partial charge in [0.1, 0.15) is 0 Å². The van der Waals surface area contributed by atoms with Crippen molar-refractivity contribution in [3.05, 3.63) is 29.8 Å². The third kappa shape index (κ3) is 4.44. The second-order valence-electron chi connectivity index (χ2n) is 4.46. The zero-order chi connectivity index (χ0) is 13.0. The number of nitrogens with one attached hydrogen (secondary N) is 2. The van der Waals surface area contributed by atoms with Gasteiger partial charge in [-0.1, -0.05) is 12.1 Å². The molecule has 1 amide bonds. The number of piperidine rings is 1. The summed E-state index contributed by atoms with van der Waals surface area (Å²) in [7, 11) is 0. The fourth-order valence-corrected chi connectivity index (χ4v) is 2.07. The molecule has 1 aromatic carbocycles. The molecule has 1 aliphatic heterocycles. The lowest BCUT2D eigenvalue weighted by Crippen LogP contribution is -2.37. The number of rotatable bonds is 3. The number of anilines is 1. The summed E-state index contributed by atoms with van der Waals surface area (Å²) in [5, 5.41) is 5.84. The average molecular weight is 291 g/mol. The minimum Gasteiger partial charge on any atom is -0.326 e. The van der Waals surface area contributed by atoms with E-state index in [0.717, 1.165) is 19.4 Å². The maximum Gasteiger partial charge on any atom is 0.263 e. The van der Waals surface area contributed by atoms with Crippen molar-refractivity contribution in [3.63, 3.8) is 0 Å². The lowest BCUT2D eigenvalue weighted by molar-refractivity contribution is -0.120. The van der Waals surface area contributed by atoms with Crippen molar-refractivity contribution in [2.24, 2.45) is 5.92 Å². The van der Waals surface area contributed by atoms with E-state index in [1.165, 1.54) is 18.2 Å². The van der Waals surface area contributed by atoms with Crippen molar-refractivity contribution in [2.75, 3.05) is 18.4 Å². The van der Waals surface area contributed by atoms with Gasteiger partial charge in [0.15, 0.2) is 0 Å². The first-order valence-corrected chi connectivity index (χ1v) is 6.06. The molecule has 1 aromatic rings. The van der Waals surface area contributed by atoms with Gasteiger partial charge in [-0.05, 0) is 31.5 Å². The first-order chi connectivity index (χ1) is 8.66. The minimum atomic E-state index is -2.52. The van der Waals surface area contributed by atoms with Crippen LogP contribution < -0.4 is 10.6 Å². The smallest absolute Gasteiger partial charge is 0.263 e. The summed E-state index contributed by atoms with van der Waals surface area (Å²) in [5.41, 5.74) is 0.359. The molecule has 1 atom stereocenters. The zero-order valence-electron chi connectivity index (χ0n) is 10.4.